The summed E-state index contributed by atoms with van der Waals surface area (Å²) in [6.45, 7) is 3.17. The number of anilines is 1. The van der Waals surface area contributed by atoms with Gasteiger partial charge in [0.15, 0.2) is 5.13 Å². The fourth-order valence-electron chi connectivity index (χ4n) is 2.60. The highest BCUT2D eigenvalue weighted by atomic mass is 35.5. The van der Waals surface area contributed by atoms with Crippen LogP contribution >= 0.6 is 22.9 Å². The summed E-state index contributed by atoms with van der Waals surface area (Å²) < 4.78 is 5.27. The van der Waals surface area contributed by atoms with Crippen LogP contribution in [0.3, 0.4) is 0 Å². The van der Waals surface area contributed by atoms with Crippen molar-refractivity contribution in [2.24, 2.45) is 0 Å². The highest BCUT2D eigenvalue weighted by Crippen LogP contribution is 2.32. The van der Waals surface area contributed by atoms with Gasteiger partial charge in [0.1, 0.15) is 6.10 Å². The van der Waals surface area contributed by atoms with Crippen LogP contribution in [0.1, 0.15) is 19.8 Å². The number of halogens is 1. The van der Waals surface area contributed by atoms with E-state index in [4.69, 9.17) is 21.3 Å². The summed E-state index contributed by atoms with van der Waals surface area (Å²) in [6, 6.07) is 7.73. The van der Waals surface area contributed by atoms with E-state index in [1.54, 1.807) is 11.3 Å². The van der Waals surface area contributed by atoms with Crippen molar-refractivity contribution in [2.45, 2.75) is 25.9 Å². The van der Waals surface area contributed by atoms with Crippen LogP contribution in [0.15, 0.2) is 29.6 Å². The van der Waals surface area contributed by atoms with Gasteiger partial charge in [-0.1, -0.05) is 29.8 Å². The molecule has 0 unspecified atom stereocenters. The fourth-order valence-corrected chi connectivity index (χ4v) is 3.71. The normalized spacial score (nSPS) is 15.8. The van der Waals surface area contributed by atoms with E-state index in [1.807, 2.05) is 29.6 Å². The van der Waals surface area contributed by atoms with Gasteiger partial charge in [0.05, 0.1) is 5.69 Å². The van der Waals surface area contributed by atoms with Crippen molar-refractivity contribution in [3.63, 3.8) is 0 Å². The van der Waals surface area contributed by atoms with E-state index in [-0.39, 0.29) is 12.1 Å². The zero-order valence-corrected chi connectivity index (χ0v) is 13.9. The molecular weight excluding hydrogens is 320 g/mol. The van der Waals surface area contributed by atoms with Gasteiger partial charge in [0.25, 0.3) is 0 Å². The minimum Gasteiger partial charge on any atom is -0.462 e. The molecule has 0 amide bonds. The summed E-state index contributed by atoms with van der Waals surface area (Å²) in [5, 5.41) is 3.75. The Morgan fingerprint density at radius 3 is 2.77 bits per heavy atom. The number of piperidine rings is 1. The van der Waals surface area contributed by atoms with E-state index in [2.05, 4.69) is 4.90 Å². The number of esters is 1. The van der Waals surface area contributed by atoms with Gasteiger partial charge in [-0.25, -0.2) is 4.98 Å². The molecule has 0 bridgehead atoms. The quantitative estimate of drug-likeness (QED) is 0.795. The summed E-state index contributed by atoms with van der Waals surface area (Å²) in [5.41, 5.74) is 1.87. The lowest BCUT2D eigenvalue weighted by Crippen LogP contribution is -2.37. The Morgan fingerprint density at radius 2 is 2.09 bits per heavy atom. The van der Waals surface area contributed by atoms with Crippen molar-refractivity contribution in [1.29, 1.82) is 0 Å². The van der Waals surface area contributed by atoms with Crippen LogP contribution in [-0.4, -0.2) is 30.1 Å². The molecular formula is C16H17ClN2O2S. The molecule has 1 aromatic carbocycles. The topological polar surface area (TPSA) is 42.4 Å². The maximum atomic E-state index is 11.0. The van der Waals surface area contributed by atoms with Gasteiger partial charge in [-0.05, 0) is 6.07 Å². The van der Waals surface area contributed by atoms with E-state index >= 15 is 0 Å². The lowest BCUT2D eigenvalue weighted by molar-refractivity contribution is -0.147. The van der Waals surface area contributed by atoms with E-state index < -0.39 is 0 Å². The van der Waals surface area contributed by atoms with E-state index in [0.717, 1.165) is 42.3 Å². The average molecular weight is 337 g/mol. The van der Waals surface area contributed by atoms with E-state index in [1.165, 1.54) is 6.92 Å². The predicted molar refractivity (Wildman–Crippen MR) is 89.6 cm³/mol. The van der Waals surface area contributed by atoms with Crippen molar-refractivity contribution in [2.75, 3.05) is 18.0 Å². The first kappa shape index (κ1) is 15.3. The first-order valence-electron chi connectivity index (χ1n) is 7.26. The summed E-state index contributed by atoms with van der Waals surface area (Å²) in [7, 11) is 0. The van der Waals surface area contributed by atoms with Crippen LogP contribution in [0.4, 0.5) is 5.13 Å². The lowest BCUT2D eigenvalue weighted by Gasteiger charge is -2.31. The van der Waals surface area contributed by atoms with Crippen LogP contribution in [0.2, 0.25) is 5.02 Å². The zero-order chi connectivity index (χ0) is 15.5. The van der Waals surface area contributed by atoms with Gasteiger partial charge in [-0.3, -0.25) is 4.79 Å². The summed E-state index contributed by atoms with van der Waals surface area (Å²) >= 11 is 7.85. The molecule has 6 heteroatoms. The monoisotopic (exact) mass is 336 g/mol. The number of carbonyl (C=O) groups is 1. The Morgan fingerprint density at radius 1 is 1.36 bits per heavy atom. The molecule has 0 spiro atoms. The second-order valence-electron chi connectivity index (χ2n) is 5.29. The molecule has 2 heterocycles. The molecule has 0 radical (unpaired) electrons. The Balaban J connectivity index is 1.68. The third-order valence-electron chi connectivity index (χ3n) is 3.69. The molecule has 2 aromatic rings. The van der Waals surface area contributed by atoms with E-state index in [9.17, 15) is 4.79 Å². The largest absolute Gasteiger partial charge is 0.462 e. The Bertz CT molecular complexity index is 666. The molecule has 0 aliphatic carbocycles. The van der Waals surface area contributed by atoms with Gasteiger partial charge in [0, 0.05) is 48.8 Å². The minimum atomic E-state index is -0.200. The smallest absolute Gasteiger partial charge is 0.302 e. The number of aromatic nitrogens is 1. The number of rotatable bonds is 3. The van der Waals surface area contributed by atoms with Crippen molar-refractivity contribution >= 4 is 34.0 Å². The van der Waals surface area contributed by atoms with Crippen molar-refractivity contribution in [1.82, 2.24) is 4.98 Å². The van der Waals surface area contributed by atoms with Gasteiger partial charge in [-0.15, -0.1) is 11.3 Å². The highest BCUT2D eigenvalue weighted by molar-refractivity contribution is 7.14. The molecule has 0 N–H and O–H groups in total. The van der Waals surface area contributed by atoms with Crippen LogP contribution in [0.5, 0.6) is 0 Å². The average Bonchev–Trinajstić information content (AvgIpc) is 2.97. The van der Waals surface area contributed by atoms with E-state index in [0.29, 0.717) is 5.02 Å². The number of hydrogen-bond donors (Lipinski definition) is 0. The standard InChI is InChI=1S/C16H17ClN2O2S/c1-11(20)21-12-6-8-19(9-7-12)16-18-15(10-22-16)13-4-2-3-5-14(13)17/h2-5,10,12H,6-9H2,1H3. The molecule has 0 saturated carbocycles. The van der Waals surface area contributed by atoms with Crippen LogP contribution < -0.4 is 4.90 Å². The van der Waals surface area contributed by atoms with Crippen LogP contribution in [0, 0.1) is 0 Å². The van der Waals surface area contributed by atoms with Gasteiger partial charge < -0.3 is 9.64 Å². The third kappa shape index (κ3) is 3.42. The maximum absolute atomic E-state index is 11.0. The maximum Gasteiger partial charge on any atom is 0.302 e. The van der Waals surface area contributed by atoms with Crippen molar-refractivity contribution < 1.29 is 9.53 Å². The summed E-state index contributed by atoms with van der Waals surface area (Å²) in [5.74, 6) is -0.200. The molecule has 22 heavy (non-hydrogen) atoms. The second-order valence-corrected chi connectivity index (χ2v) is 6.53. The molecule has 1 fully saturated rings. The van der Waals surface area contributed by atoms with Crippen LogP contribution in [0.25, 0.3) is 11.3 Å². The first-order valence-corrected chi connectivity index (χ1v) is 8.52. The molecule has 1 aliphatic rings. The first-order chi connectivity index (χ1) is 10.6. The number of ether oxygens (including phenoxy) is 1. The number of nitrogens with zero attached hydrogens (tertiary/aromatic N) is 2. The highest BCUT2D eigenvalue weighted by Gasteiger charge is 2.23. The molecule has 116 valence electrons. The van der Waals surface area contributed by atoms with Crippen molar-refractivity contribution in [3.8, 4) is 11.3 Å². The van der Waals surface area contributed by atoms with Gasteiger partial charge in [0.2, 0.25) is 0 Å². The Labute approximate surface area is 138 Å². The molecule has 0 atom stereocenters. The third-order valence-corrected chi connectivity index (χ3v) is 4.92. The molecule has 4 nitrogen and oxygen atoms in total. The Kier molecular flexibility index (Phi) is 4.64. The number of benzene rings is 1. The SMILES string of the molecule is CC(=O)OC1CCN(c2nc(-c3ccccc3Cl)cs2)CC1. The molecule has 3 rings (SSSR count). The zero-order valence-electron chi connectivity index (χ0n) is 12.3. The van der Waals surface area contributed by atoms with Gasteiger partial charge >= 0.3 is 5.97 Å². The Hall–Kier alpha value is -1.59. The minimum absolute atomic E-state index is 0.0387. The van der Waals surface area contributed by atoms with Crippen molar-refractivity contribution in [3.05, 3.63) is 34.7 Å². The number of hydrogen-bond acceptors (Lipinski definition) is 5. The predicted octanol–water partition coefficient (Wildman–Crippen LogP) is 4.00. The molecule has 1 aliphatic heterocycles. The fraction of sp³-hybridized carbons (Fsp3) is 0.375. The number of thiazole rings is 1. The molecule has 1 saturated heterocycles. The summed E-state index contributed by atoms with van der Waals surface area (Å²) in [4.78, 5) is 17.9. The second kappa shape index (κ2) is 6.67. The lowest BCUT2D eigenvalue weighted by atomic mass is 10.1. The van der Waals surface area contributed by atoms with Crippen LogP contribution in [-0.2, 0) is 9.53 Å². The summed E-state index contributed by atoms with van der Waals surface area (Å²) in [6.07, 6.45) is 1.73. The number of carbonyl (C=O) groups excluding carboxylic acids is 1. The molecule has 1 aromatic heterocycles. The van der Waals surface area contributed by atoms with Gasteiger partial charge in [-0.2, -0.15) is 0 Å².